The van der Waals surface area contributed by atoms with Crippen LogP contribution in [0.15, 0.2) is 48.5 Å². The highest BCUT2D eigenvalue weighted by molar-refractivity contribution is 6.21. The molecule has 1 aliphatic heterocycles. The molecule has 1 N–H and O–H groups in total. The maximum Gasteiger partial charge on any atom is 0.261 e. The Kier molecular flexibility index (Phi) is 9.11. The van der Waals surface area contributed by atoms with Crippen LogP contribution in [-0.4, -0.2) is 52.6 Å². The molecule has 0 fully saturated rings. The van der Waals surface area contributed by atoms with Crippen LogP contribution in [0.25, 0.3) is 0 Å². The maximum atomic E-state index is 13.4. The second-order valence-electron chi connectivity index (χ2n) is 8.63. The van der Waals surface area contributed by atoms with E-state index in [1.54, 1.807) is 36.4 Å². The molecule has 0 saturated heterocycles. The van der Waals surface area contributed by atoms with Crippen molar-refractivity contribution in [3.8, 4) is 0 Å². The summed E-state index contributed by atoms with van der Waals surface area (Å²) >= 11 is 0. The van der Waals surface area contributed by atoms with E-state index in [0.717, 1.165) is 17.7 Å². The Balaban J connectivity index is 1.68. The van der Waals surface area contributed by atoms with Crippen LogP contribution < -0.4 is 5.32 Å². The van der Waals surface area contributed by atoms with Crippen molar-refractivity contribution in [3.05, 3.63) is 71.0 Å². The number of unbranched alkanes of at least 4 members (excludes halogenated alkanes) is 1. The van der Waals surface area contributed by atoms with Crippen LogP contribution in [0.1, 0.15) is 72.2 Å². The van der Waals surface area contributed by atoms with Gasteiger partial charge in [-0.05, 0) is 49.1 Å². The molecule has 3 rings (SSSR count). The lowest BCUT2D eigenvalue weighted by atomic mass is 10.1. The van der Waals surface area contributed by atoms with Gasteiger partial charge in [-0.15, -0.1) is 0 Å². The molecule has 0 saturated carbocycles. The molecule has 7 nitrogen and oxygen atoms in total. The highest BCUT2D eigenvalue weighted by Crippen LogP contribution is 2.23. The summed E-state index contributed by atoms with van der Waals surface area (Å²) in [5.74, 6) is -1.58. The lowest BCUT2D eigenvalue weighted by Crippen LogP contribution is -2.49. The lowest BCUT2D eigenvalue weighted by Gasteiger charge is -2.31. The molecule has 0 aromatic heterocycles. The molecule has 1 heterocycles. The zero-order valence-electron chi connectivity index (χ0n) is 20.3. The van der Waals surface area contributed by atoms with Gasteiger partial charge < -0.3 is 10.2 Å². The van der Waals surface area contributed by atoms with Gasteiger partial charge in [-0.3, -0.25) is 24.1 Å². The van der Waals surface area contributed by atoms with Crippen molar-refractivity contribution >= 4 is 23.6 Å². The van der Waals surface area contributed by atoms with Gasteiger partial charge in [0.1, 0.15) is 11.9 Å². The molecule has 0 aliphatic carbocycles. The minimum absolute atomic E-state index is 0.0628. The molecule has 1 atom stereocenters. The smallest absolute Gasteiger partial charge is 0.261 e. The Hall–Kier alpha value is -3.55. The molecule has 35 heavy (non-hydrogen) atoms. The minimum Gasteiger partial charge on any atom is -0.354 e. The van der Waals surface area contributed by atoms with Gasteiger partial charge in [0.2, 0.25) is 11.8 Å². The van der Waals surface area contributed by atoms with E-state index in [-0.39, 0.29) is 55.4 Å². The fraction of sp³-hybridized carbons (Fsp3) is 0.407. The molecular formula is C27H32FN3O4. The standard InChI is InChI=1S/C27H32FN3O4/c1-3-5-16-29-25(33)23(4-2)31(18-19-12-14-20(28)15-13-19)24(32)11-8-17-30-26(34)21-9-6-7-10-22(21)27(30)35/h6-7,9-10,12-15,23H,3-5,8,11,16-18H2,1-2H3,(H,29,33)/t23-/m1/s1. The number of halogens is 1. The summed E-state index contributed by atoms with van der Waals surface area (Å²) in [6, 6.07) is 11.8. The van der Waals surface area contributed by atoms with E-state index in [4.69, 9.17) is 0 Å². The van der Waals surface area contributed by atoms with E-state index >= 15 is 0 Å². The molecule has 0 spiro atoms. The van der Waals surface area contributed by atoms with Crippen molar-refractivity contribution in [3.63, 3.8) is 0 Å². The largest absolute Gasteiger partial charge is 0.354 e. The van der Waals surface area contributed by atoms with E-state index < -0.39 is 6.04 Å². The summed E-state index contributed by atoms with van der Waals surface area (Å²) < 4.78 is 13.4. The molecular weight excluding hydrogens is 449 g/mol. The van der Waals surface area contributed by atoms with Gasteiger partial charge in [-0.1, -0.05) is 44.5 Å². The van der Waals surface area contributed by atoms with Crippen LogP contribution in [0.4, 0.5) is 4.39 Å². The third kappa shape index (κ3) is 6.32. The number of carbonyl (C=O) groups is 4. The van der Waals surface area contributed by atoms with E-state index in [1.165, 1.54) is 17.0 Å². The third-order valence-corrected chi connectivity index (χ3v) is 6.13. The van der Waals surface area contributed by atoms with Gasteiger partial charge in [0.05, 0.1) is 11.1 Å². The van der Waals surface area contributed by atoms with E-state index in [2.05, 4.69) is 5.32 Å². The number of rotatable bonds is 12. The second kappa shape index (κ2) is 12.2. The number of imide groups is 1. The monoisotopic (exact) mass is 481 g/mol. The van der Waals surface area contributed by atoms with Gasteiger partial charge in [0.15, 0.2) is 0 Å². The van der Waals surface area contributed by atoms with Gasteiger partial charge >= 0.3 is 0 Å². The van der Waals surface area contributed by atoms with Crippen LogP contribution in [0.2, 0.25) is 0 Å². The Morgan fingerprint density at radius 2 is 1.60 bits per heavy atom. The number of nitrogens with one attached hydrogen (secondary N) is 1. The highest BCUT2D eigenvalue weighted by Gasteiger charge is 2.35. The third-order valence-electron chi connectivity index (χ3n) is 6.13. The SMILES string of the molecule is CCCCNC(=O)[C@@H](CC)N(Cc1ccc(F)cc1)C(=O)CCCN1C(=O)c2ccccc2C1=O. The van der Waals surface area contributed by atoms with Crippen LogP contribution in [-0.2, 0) is 16.1 Å². The predicted octanol–water partition coefficient (Wildman–Crippen LogP) is 3.93. The zero-order valence-corrected chi connectivity index (χ0v) is 20.3. The van der Waals surface area contributed by atoms with Gasteiger partial charge in [-0.25, -0.2) is 4.39 Å². The first-order valence-corrected chi connectivity index (χ1v) is 12.1. The summed E-state index contributed by atoms with van der Waals surface area (Å²) in [7, 11) is 0. The molecule has 2 aromatic rings. The quantitative estimate of drug-likeness (QED) is 0.368. The molecule has 0 unspecified atom stereocenters. The van der Waals surface area contributed by atoms with Gasteiger partial charge in [-0.2, -0.15) is 0 Å². The number of nitrogens with zero attached hydrogens (tertiary/aromatic N) is 2. The average Bonchev–Trinajstić information content (AvgIpc) is 3.10. The van der Waals surface area contributed by atoms with Gasteiger partial charge in [0.25, 0.3) is 11.8 Å². The van der Waals surface area contributed by atoms with Crippen molar-refractivity contribution < 1.29 is 23.6 Å². The summed E-state index contributed by atoms with van der Waals surface area (Å²) in [6.45, 7) is 4.67. The molecule has 8 heteroatoms. The van der Waals surface area contributed by atoms with Gasteiger partial charge in [0, 0.05) is 26.1 Å². The normalized spacial score (nSPS) is 13.5. The number of carbonyl (C=O) groups excluding carboxylic acids is 4. The Morgan fingerprint density at radius 1 is 0.971 bits per heavy atom. The molecule has 1 aliphatic rings. The number of hydrogen-bond acceptors (Lipinski definition) is 4. The Bertz CT molecular complexity index is 1040. The fourth-order valence-corrected chi connectivity index (χ4v) is 4.19. The molecule has 2 aromatic carbocycles. The number of hydrogen-bond donors (Lipinski definition) is 1. The summed E-state index contributed by atoms with van der Waals surface area (Å²) in [6.07, 6.45) is 2.54. The molecule has 0 bridgehead atoms. The second-order valence-corrected chi connectivity index (χ2v) is 8.63. The average molecular weight is 482 g/mol. The maximum absolute atomic E-state index is 13.4. The van der Waals surface area contributed by atoms with Crippen molar-refractivity contribution in [2.24, 2.45) is 0 Å². The predicted molar refractivity (Wildman–Crippen MR) is 130 cm³/mol. The molecule has 186 valence electrons. The van der Waals surface area contributed by atoms with Crippen LogP contribution in [0.5, 0.6) is 0 Å². The first-order chi connectivity index (χ1) is 16.9. The van der Waals surface area contributed by atoms with Crippen LogP contribution in [0.3, 0.4) is 0 Å². The number of amides is 4. The summed E-state index contributed by atoms with van der Waals surface area (Å²) in [4.78, 5) is 54.0. The molecule has 0 radical (unpaired) electrons. The first-order valence-electron chi connectivity index (χ1n) is 12.1. The summed E-state index contributed by atoms with van der Waals surface area (Å²) in [5.41, 5.74) is 1.45. The zero-order chi connectivity index (χ0) is 25.4. The van der Waals surface area contributed by atoms with Crippen LogP contribution >= 0.6 is 0 Å². The van der Waals surface area contributed by atoms with E-state index in [9.17, 15) is 23.6 Å². The van der Waals surface area contributed by atoms with Crippen molar-refractivity contribution in [1.29, 1.82) is 0 Å². The number of fused-ring (bicyclic) bond motifs is 1. The first kappa shape index (κ1) is 26.1. The van der Waals surface area contributed by atoms with Crippen LogP contribution in [0, 0.1) is 5.82 Å². The minimum atomic E-state index is -0.677. The lowest BCUT2D eigenvalue weighted by molar-refractivity contribution is -0.141. The van der Waals surface area contributed by atoms with Crippen molar-refractivity contribution in [1.82, 2.24) is 15.1 Å². The van der Waals surface area contributed by atoms with Crippen molar-refractivity contribution in [2.45, 2.75) is 58.5 Å². The Labute approximate surface area is 205 Å². The number of benzene rings is 2. The van der Waals surface area contributed by atoms with E-state index in [1.807, 2.05) is 13.8 Å². The van der Waals surface area contributed by atoms with E-state index in [0.29, 0.717) is 29.7 Å². The topological polar surface area (TPSA) is 86.8 Å². The highest BCUT2D eigenvalue weighted by atomic mass is 19.1. The molecule has 4 amide bonds. The summed E-state index contributed by atoms with van der Waals surface area (Å²) in [5, 5.41) is 2.90. The van der Waals surface area contributed by atoms with Crippen molar-refractivity contribution in [2.75, 3.05) is 13.1 Å². The Morgan fingerprint density at radius 3 is 2.17 bits per heavy atom. The fourth-order valence-electron chi connectivity index (χ4n) is 4.19.